The van der Waals surface area contributed by atoms with E-state index in [0.29, 0.717) is 47.6 Å². The van der Waals surface area contributed by atoms with E-state index in [-0.39, 0.29) is 17.5 Å². The lowest BCUT2D eigenvalue weighted by atomic mass is 9.93. The molecule has 2 heterocycles. The lowest BCUT2D eigenvalue weighted by Gasteiger charge is -2.36. The maximum atomic E-state index is 12.5. The van der Waals surface area contributed by atoms with Crippen LogP contribution < -0.4 is 5.56 Å². The quantitative estimate of drug-likeness (QED) is 0.735. The minimum Gasteiger partial charge on any atom is -0.481 e. The van der Waals surface area contributed by atoms with Gasteiger partial charge in [0.25, 0.3) is 5.56 Å². The van der Waals surface area contributed by atoms with Gasteiger partial charge < -0.3 is 15.0 Å². The van der Waals surface area contributed by atoms with Crippen LogP contribution in [0.15, 0.2) is 29.1 Å². The van der Waals surface area contributed by atoms with Crippen molar-refractivity contribution in [3.05, 3.63) is 40.4 Å². The van der Waals surface area contributed by atoms with Crippen LogP contribution in [-0.4, -0.2) is 50.2 Å². The Morgan fingerprint density at radius 2 is 2.11 bits per heavy atom. The first-order valence-electron chi connectivity index (χ1n) is 9.03. The summed E-state index contributed by atoms with van der Waals surface area (Å²) < 4.78 is 0. The lowest BCUT2D eigenvalue weighted by molar-refractivity contribution is -0.147. The van der Waals surface area contributed by atoms with Gasteiger partial charge in [-0.05, 0) is 31.9 Å². The highest BCUT2D eigenvalue weighted by Gasteiger charge is 2.32. The monoisotopic (exact) mass is 389 g/mol. The summed E-state index contributed by atoms with van der Waals surface area (Å²) in [4.78, 5) is 44.6. The molecular weight excluding hydrogens is 366 g/mol. The van der Waals surface area contributed by atoms with Crippen molar-refractivity contribution in [2.75, 3.05) is 12.3 Å². The summed E-state index contributed by atoms with van der Waals surface area (Å²) in [6.07, 6.45) is 1.69. The number of H-pyrrole nitrogens is 1. The van der Waals surface area contributed by atoms with Crippen molar-refractivity contribution >= 4 is 34.5 Å². The molecule has 2 aromatic rings. The van der Waals surface area contributed by atoms with Gasteiger partial charge in [-0.15, -0.1) is 0 Å². The van der Waals surface area contributed by atoms with Crippen molar-refractivity contribution in [2.45, 2.75) is 38.0 Å². The summed E-state index contributed by atoms with van der Waals surface area (Å²) in [5.74, 6) is 0.385. The molecular formula is C19H23N3O4S. The Morgan fingerprint density at radius 1 is 1.33 bits per heavy atom. The minimum atomic E-state index is -0.833. The minimum absolute atomic E-state index is 0.0130. The van der Waals surface area contributed by atoms with E-state index in [1.165, 1.54) is 11.8 Å². The van der Waals surface area contributed by atoms with Crippen LogP contribution >= 0.6 is 11.8 Å². The second-order valence-corrected chi connectivity index (χ2v) is 7.95. The number of hydrogen-bond acceptors (Lipinski definition) is 5. The fourth-order valence-electron chi connectivity index (χ4n) is 3.33. The highest BCUT2D eigenvalue weighted by molar-refractivity contribution is 7.98. The number of aliphatic carboxylic acids is 1. The first kappa shape index (κ1) is 19.4. The molecule has 0 aliphatic carbocycles. The second kappa shape index (κ2) is 8.56. The van der Waals surface area contributed by atoms with Gasteiger partial charge in [-0.2, -0.15) is 11.8 Å². The predicted octanol–water partition coefficient (Wildman–Crippen LogP) is 2.26. The summed E-state index contributed by atoms with van der Waals surface area (Å²) in [7, 11) is 0. The molecule has 2 atom stereocenters. The van der Waals surface area contributed by atoms with E-state index in [2.05, 4.69) is 9.97 Å². The van der Waals surface area contributed by atoms with Gasteiger partial charge in [0.15, 0.2) is 0 Å². The molecule has 1 fully saturated rings. The van der Waals surface area contributed by atoms with Gasteiger partial charge in [0.05, 0.1) is 22.6 Å². The van der Waals surface area contributed by atoms with Gasteiger partial charge in [-0.3, -0.25) is 14.4 Å². The molecule has 2 unspecified atom stereocenters. The van der Waals surface area contributed by atoms with Crippen LogP contribution in [0.1, 0.15) is 32.0 Å². The third-order valence-electron chi connectivity index (χ3n) is 4.91. The molecule has 0 bridgehead atoms. The summed E-state index contributed by atoms with van der Waals surface area (Å²) >= 11 is 1.53. The van der Waals surface area contributed by atoms with Crippen LogP contribution in [0, 0.1) is 5.92 Å². The van der Waals surface area contributed by atoms with Crippen LogP contribution in [-0.2, 0) is 15.3 Å². The van der Waals surface area contributed by atoms with Crippen molar-refractivity contribution in [1.82, 2.24) is 14.9 Å². The Morgan fingerprint density at radius 3 is 2.89 bits per heavy atom. The van der Waals surface area contributed by atoms with E-state index in [9.17, 15) is 19.5 Å². The summed E-state index contributed by atoms with van der Waals surface area (Å²) in [6, 6.07) is 7.26. The normalized spacial score (nSPS) is 20.0. The number of hydrogen-bond donors (Lipinski definition) is 2. The van der Waals surface area contributed by atoms with E-state index < -0.39 is 11.9 Å². The molecule has 0 radical (unpaired) electrons. The second-order valence-electron chi connectivity index (χ2n) is 6.84. The topological polar surface area (TPSA) is 103 Å². The molecule has 2 N–H and O–H groups in total. The van der Waals surface area contributed by atoms with Crippen molar-refractivity contribution in [3.63, 3.8) is 0 Å². The summed E-state index contributed by atoms with van der Waals surface area (Å²) in [6.45, 7) is 2.26. The van der Waals surface area contributed by atoms with Gasteiger partial charge in [0.2, 0.25) is 5.91 Å². The number of aromatic amines is 1. The zero-order valence-corrected chi connectivity index (χ0v) is 16.0. The lowest BCUT2D eigenvalue weighted by Crippen LogP contribution is -2.47. The number of thioether (sulfide) groups is 1. The Bertz CT molecular complexity index is 898. The largest absolute Gasteiger partial charge is 0.481 e. The number of nitrogens with one attached hydrogen (secondary N) is 1. The van der Waals surface area contributed by atoms with Gasteiger partial charge >= 0.3 is 5.97 Å². The first-order valence-corrected chi connectivity index (χ1v) is 10.2. The van der Waals surface area contributed by atoms with Crippen LogP contribution in [0.4, 0.5) is 0 Å². The van der Waals surface area contributed by atoms with E-state index in [4.69, 9.17) is 0 Å². The Labute approximate surface area is 161 Å². The highest BCUT2D eigenvalue weighted by Crippen LogP contribution is 2.23. The van der Waals surface area contributed by atoms with E-state index in [1.807, 2.05) is 13.0 Å². The molecule has 1 aliphatic rings. The fraction of sp³-hybridized carbons (Fsp3) is 0.474. The van der Waals surface area contributed by atoms with Crippen molar-refractivity contribution in [2.24, 2.45) is 5.92 Å². The van der Waals surface area contributed by atoms with E-state index >= 15 is 0 Å². The molecule has 1 aromatic carbocycles. The predicted molar refractivity (Wildman–Crippen MR) is 105 cm³/mol. The molecule has 1 aromatic heterocycles. The van der Waals surface area contributed by atoms with Crippen LogP contribution in [0.25, 0.3) is 10.9 Å². The van der Waals surface area contributed by atoms with Crippen LogP contribution in [0.3, 0.4) is 0 Å². The molecule has 1 amide bonds. The van der Waals surface area contributed by atoms with Gasteiger partial charge in [0, 0.05) is 24.8 Å². The number of rotatable bonds is 6. The Balaban J connectivity index is 1.52. The number of para-hydroxylation sites is 1. The number of fused-ring (bicyclic) bond motifs is 1. The zero-order chi connectivity index (χ0) is 19.4. The first-order chi connectivity index (χ1) is 13.0. The standard InChI is InChI=1S/C19H23N3O4S/c1-12-6-7-13(19(25)26)10-22(12)17(23)8-9-27-11-16-20-15-5-3-2-4-14(15)18(24)21-16/h2-5,12-13H,6-11H2,1H3,(H,25,26)(H,20,21,24). The van der Waals surface area contributed by atoms with E-state index in [0.717, 1.165) is 6.42 Å². The number of likely N-dealkylation sites (tertiary alicyclic amines) is 1. The SMILES string of the molecule is CC1CCC(C(=O)O)CN1C(=O)CCSCc1nc2ccccc2c(=O)[nH]1. The number of aromatic nitrogens is 2. The van der Waals surface area contributed by atoms with Gasteiger partial charge in [-0.1, -0.05) is 12.1 Å². The Kier molecular flexibility index (Phi) is 6.15. The van der Waals surface area contributed by atoms with Crippen molar-refractivity contribution < 1.29 is 14.7 Å². The molecule has 1 aliphatic heterocycles. The molecule has 7 nitrogen and oxygen atoms in total. The third-order valence-corrected chi connectivity index (χ3v) is 5.88. The zero-order valence-electron chi connectivity index (χ0n) is 15.2. The molecule has 3 rings (SSSR count). The number of carbonyl (C=O) groups excluding carboxylic acids is 1. The molecule has 1 saturated heterocycles. The maximum Gasteiger partial charge on any atom is 0.308 e. The molecule has 8 heteroatoms. The number of amides is 1. The summed E-state index contributed by atoms with van der Waals surface area (Å²) in [5, 5.41) is 9.75. The van der Waals surface area contributed by atoms with Gasteiger partial charge in [-0.25, -0.2) is 4.98 Å². The van der Waals surface area contributed by atoms with Crippen LogP contribution in [0.5, 0.6) is 0 Å². The summed E-state index contributed by atoms with van der Waals surface area (Å²) in [5.41, 5.74) is 0.504. The number of benzene rings is 1. The van der Waals surface area contributed by atoms with Crippen molar-refractivity contribution in [3.8, 4) is 0 Å². The molecule has 0 saturated carbocycles. The number of carbonyl (C=O) groups is 2. The molecule has 27 heavy (non-hydrogen) atoms. The third kappa shape index (κ3) is 4.68. The van der Waals surface area contributed by atoms with Crippen LogP contribution in [0.2, 0.25) is 0 Å². The average Bonchev–Trinajstić information content (AvgIpc) is 2.65. The average molecular weight is 389 g/mol. The Hall–Kier alpha value is -2.35. The van der Waals surface area contributed by atoms with E-state index in [1.54, 1.807) is 23.1 Å². The number of carboxylic acids is 1. The van der Waals surface area contributed by atoms with Crippen molar-refractivity contribution in [1.29, 1.82) is 0 Å². The van der Waals surface area contributed by atoms with Gasteiger partial charge in [0.1, 0.15) is 5.82 Å². The molecule has 0 spiro atoms. The number of nitrogens with zero attached hydrogens (tertiary/aromatic N) is 2. The highest BCUT2D eigenvalue weighted by atomic mass is 32.2. The molecule has 144 valence electrons. The number of piperidine rings is 1. The maximum absolute atomic E-state index is 12.5. The fourth-order valence-corrected chi connectivity index (χ4v) is 4.12. The smallest absolute Gasteiger partial charge is 0.308 e. The number of carboxylic acid groups (broad SMARTS) is 1.